The fourth-order valence-corrected chi connectivity index (χ4v) is 3.36. The number of nitro benzene ring substituents is 1. The standard InChI is InChI=1S/C19H17Cl2N3O5/c20-13-3-8-17(16(21)10-13)29-11-19(26)23(12-22-9-1-2-18(22)25)14-4-6-15(7-5-14)24(27)28/h3-8,10H,1-2,9,11-12H2. The summed E-state index contributed by atoms with van der Waals surface area (Å²) in [7, 11) is 0. The summed E-state index contributed by atoms with van der Waals surface area (Å²) >= 11 is 11.9. The van der Waals surface area contributed by atoms with Gasteiger partial charge in [-0.1, -0.05) is 23.2 Å². The Morgan fingerprint density at radius 2 is 1.93 bits per heavy atom. The SMILES string of the molecule is O=C1CCCN1CN(C(=O)COc1ccc(Cl)cc1Cl)c1ccc([N+](=O)[O-])cc1. The van der Waals surface area contributed by atoms with Crippen LogP contribution in [0.1, 0.15) is 12.8 Å². The zero-order chi connectivity index (χ0) is 21.0. The molecule has 1 saturated heterocycles. The highest BCUT2D eigenvalue weighted by molar-refractivity contribution is 6.35. The Bertz CT molecular complexity index is 936. The molecule has 2 aromatic rings. The van der Waals surface area contributed by atoms with Crippen LogP contribution in [0.25, 0.3) is 0 Å². The van der Waals surface area contributed by atoms with Gasteiger partial charge in [-0.15, -0.1) is 0 Å². The molecule has 0 saturated carbocycles. The molecule has 152 valence electrons. The molecule has 1 aliphatic rings. The van der Waals surface area contributed by atoms with Gasteiger partial charge in [0.15, 0.2) is 6.61 Å². The second-order valence-corrected chi connectivity index (χ2v) is 7.20. The lowest BCUT2D eigenvalue weighted by molar-refractivity contribution is -0.384. The summed E-state index contributed by atoms with van der Waals surface area (Å²) in [5.41, 5.74) is 0.327. The van der Waals surface area contributed by atoms with Gasteiger partial charge in [-0.3, -0.25) is 24.6 Å². The number of carbonyl (C=O) groups is 2. The van der Waals surface area contributed by atoms with Gasteiger partial charge in [0.2, 0.25) is 5.91 Å². The van der Waals surface area contributed by atoms with Gasteiger partial charge in [0.1, 0.15) is 12.4 Å². The molecule has 0 unspecified atom stereocenters. The molecule has 0 radical (unpaired) electrons. The van der Waals surface area contributed by atoms with E-state index >= 15 is 0 Å². The number of amides is 2. The molecule has 2 aromatic carbocycles. The van der Waals surface area contributed by atoms with E-state index in [0.717, 1.165) is 6.42 Å². The van der Waals surface area contributed by atoms with Gasteiger partial charge in [0.25, 0.3) is 11.6 Å². The Morgan fingerprint density at radius 1 is 1.21 bits per heavy atom. The molecule has 0 bridgehead atoms. The van der Waals surface area contributed by atoms with Crippen molar-refractivity contribution in [1.82, 2.24) is 4.90 Å². The second kappa shape index (κ2) is 9.11. The van der Waals surface area contributed by atoms with Crippen molar-refractivity contribution in [2.75, 3.05) is 24.7 Å². The molecule has 1 fully saturated rings. The van der Waals surface area contributed by atoms with E-state index in [1.807, 2.05) is 0 Å². The van der Waals surface area contributed by atoms with E-state index in [1.54, 1.807) is 17.0 Å². The van der Waals surface area contributed by atoms with Gasteiger partial charge >= 0.3 is 0 Å². The topological polar surface area (TPSA) is 93.0 Å². The van der Waals surface area contributed by atoms with Crippen molar-refractivity contribution in [3.63, 3.8) is 0 Å². The minimum absolute atomic E-state index is 0.0349. The maximum absolute atomic E-state index is 12.9. The van der Waals surface area contributed by atoms with E-state index in [2.05, 4.69) is 0 Å². The van der Waals surface area contributed by atoms with E-state index < -0.39 is 10.8 Å². The van der Waals surface area contributed by atoms with E-state index in [1.165, 1.54) is 35.2 Å². The first-order valence-electron chi connectivity index (χ1n) is 8.75. The summed E-state index contributed by atoms with van der Waals surface area (Å²) in [5, 5.41) is 11.6. The molecular weight excluding hydrogens is 421 g/mol. The summed E-state index contributed by atoms with van der Waals surface area (Å²) in [6.45, 7) is 0.243. The van der Waals surface area contributed by atoms with Crippen molar-refractivity contribution >= 4 is 46.4 Å². The molecule has 8 nitrogen and oxygen atoms in total. The number of hydrogen-bond acceptors (Lipinski definition) is 5. The molecule has 0 aliphatic carbocycles. The van der Waals surface area contributed by atoms with Crippen LogP contribution < -0.4 is 9.64 Å². The fraction of sp³-hybridized carbons (Fsp3) is 0.263. The van der Waals surface area contributed by atoms with Crippen LogP contribution in [0.2, 0.25) is 10.0 Å². The molecule has 3 rings (SSSR count). The van der Waals surface area contributed by atoms with Gasteiger partial charge in [0.05, 0.1) is 9.95 Å². The monoisotopic (exact) mass is 437 g/mol. The zero-order valence-corrected chi connectivity index (χ0v) is 16.7. The number of non-ortho nitro benzene ring substituents is 1. The summed E-state index contributed by atoms with van der Waals surface area (Å²) in [6, 6.07) is 10.2. The summed E-state index contributed by atoms with van der Waals surface area (Å²) < 4.78 is 5.52. The summed E-state index contributed by atoms with van der Waals surface area (Å²) in [4.78, 5) is 38.2. The van der Waals surface area contributed by atoms with Crippen LogP contribution in [0.15, 0.2) is 42.5 Å². The van der Waals surface area contributed by atoms with Crippen LogP contribution in [-0.4, -0.2) is 41.5 Å². The average Bonchev–Trinajstić information content (AvgIpc) is 3.10. The first-order chi connectivity index (χ1) is 13.8. The van der Waals surface area contributed by atoms with Crippen LogP contribution in [0, 0.1) is 10.1 Å². The largest absolute Gasteiger partial charge is 0.482 e. The maximum atomic E-state index is 12.9. The first kappa shape index (κ1) is 20.9. The predicted molar refractivity (Wildman–Crippen MR) is 108 cm³/mol. The normalized spacial score (nSPS) is 13.4. The third-order valence-corrected chi connectivity index (χ3v) is 4.93. The van der Waals surface area contributed by atoms with Crippen molar-refractivity contribution in [3.05, 3.63) is 62.6 Å². The van der Waals surface area contributed by atoms with Crippen molar-refractivity contribution in [3.8, 4) is 5.75 Å². The zero-order valence-electron chi connectivity index (χ0n) is 15.2. The number of hydrogen-bond donors (Lipinski definition) is 0. The van der Waals surface area contributed by atoms with Gasteiger partial charge in [-0.05, 0) is 36.8 Å². The molecule has 1 heterocycles. The average molecular weight is 438 g/mol. The fourth-order valence-electron chi connectivity index (χ4n) is 2.89. The van der Waals surface area contributed by atoms with Gasteiger partial charge in [-0.25, -0.2) is 0 Å². The van der Waals surface area contributed by atoms with E-state index in [4.69, 9.17) is 27.9 Å². The highest BCUT2D eigenvalue weighted by atomic mass is 35.5. The molecular formula is C19H17Cl2N3O5. The Hall–Kier alpha value is -2.84. The van der Waals surface area contributed by atoms with Crippen molar-refractivity contribution in [2.24, 2.45) is 0 Å². The van der Waals surface area contributed by atoms with Crippen LogP contribution in [0.4, 0.5) is 11.4 Å². The van der Waals surface area contributed by atoms with Gasteiger partial charge < -0.3 is 9.64 Å². The smallest absolute Gasteiger partial charge is 0.269 e. The van der Waals surface area contributed by atoms with Crippen LogP contribution in [-0.2, 0) is 9.59 Å². The first-order valence-corrected chi connectivity index (χ1v) is 9.51. The van der Waals surface area contributed by atoms with E-state index in [-0.39, 0.29) is 29.9 Å². The lowest BCUT2D eigenvalue weighted by Gasteiger charge is -2.28. The molecule has 0 N–H and O–H groups in total. The van der Waals surface area contributed by atoms with E-state index in [0.29, 0.717) is 29.4 Å². The number of halogens is 2. The van der Waals surface area contributed by atoms with Crippen LogP contribution in [0.5, 0.6) is 5.75 Å². The summed E-state index contributed by atoms with van der Waals surface area (Å²) in [6.07, 6.45) is 1.15. The molecule has 2 amide bonds. The summed E-state index contributed by atoms with van der Waals surface area (Å²) in [5.74, 6) is -0.179. The second-order valence-electron chi connectivity index (χ2n) is 6.36. The number of carbonyl (C=O) groups excluding carboxylic acids is 2. The third-order valence-electron chi connectivity index (χ3n) is 4.40. The Balaban J connectivity index is 1.78. The Morgan fingerprint density at radius 3 is 2.52 bits per heavy atom. The quantitative estimate of drug-likeness (QED) is 0.483. The van der Waals surface area contributed by atoms with Crippen molar-refractivity contribution in [2.45, 2.75) is 12.8 Å². The highest BCUT2D eigenvalue weighted by Crippen LogP contribution is 2.28. The number of benzene rings is 2. The number of anilines is 1. The lowest BCUT2D eigenvalue weighted by Crippen LogP contribution is -2.44. The third kappa shape index (κ3) is 5.16. The number of likely N-dealkylation sites (tertiary alicyclic amines) is 1. The maximum Gasteiger partial charge on any atom is 0.269 e. The number of rotatable bonds is 7. The Kier molecular flexibility index (Phi) is 6.56. The number of nitrogens with zero attached hydrogens (tertiary/aromatic N) is 3. The van der Waals surface area contributed by atoms with Gasteiger partial charge in [0, 0.05) is 35.8 Å². The predicted octanol–water partition coefficient (Wildman–Crippen LogP) is 3.89. The lowest BCUT2D eigenvalue weighted by atomic mass is 10.2. The molecule has 0 aromatic heterocycles. The van der Waals surface area contributed by atoms with Crippen LogP contribution in [0.3, 0.4) is 0 Å². The Labute approximate surface area is 176 Å². The van der Waals surface area contributed by atoms with Crippen molar-refractivity contribution in [1.29, 1.82) is 0 Å². The molecule has 10 heteroatoms. The molecule has 0 spiro atoms. The number of ether oxygens (including phenoxy) is 1. The minimum Gasteiger partial charge on any atom is -0.482 e. The molecule has 29 heavy (non-hydrogen) atoms. The van der Waals surface area contributed by atoms with Gasteiger partial charge in [-0.2, -0.15) is 0 Å². The minimum atomic E-state index is -0.522. The van der Waals surface area contributed by atoms with E-state index in [9.17, 15) is 19.7 Å². The van der Waals surface area contributed by atoms with Crippen molar-refractivity contribution < 1.29 is 19.2 Å². The number of nitro groups is 1. The molecule has 0 atom stereocenters. The van der Waals surface area contributed by atoms with Crippen LogP contribution >= 0.6 is 23.2 Å². The highest BCUT2D eigenvalue weighted by Gasteiger charge is 2.26. The molecule has 1 aliphatic heterocycles.